The number of aryl methyl sites for hydroxylation is 1. The van der Waals surface area contributed by atoms with Crippen LogP contribution >= 0.6 is 43.2 Å². The van der Waals surface area contributed by atoms with Crippen LogP contribution in [0.5, 0.6) is 5.75 Å². The molecule has 2 heterocycles. The third kappa shape index (κ3) is 2.61. The molecule has 0 saturated carbocycles. The van der Waals surface area contributed by atoms with Gasteiger partial charge in [-0.3, -0.25) is 0 Å². The molecular formula is C14H13Br2NOS. The van der Waals surface area contributed by atoms with Gasteiger partial charge in [-0.05, 0) is 61.9 Å². The van der Waals surface area contributed by atoms with Gasteiger partial charge in [0, 0.05) is 5.56 Å². The second-order valence-corrected chi connectivity index (χ2v) is 8.29. The summed E-state index contributed by atoms with van der Waals surface area (Å²) in [4.78, 5) is 0. The molecule has 1 atom stereocenters. The lowest BCUT2D eigenvalue weighted by atomic mass is 9.96. The Morgan fingerprint density at radius 3 is 2.84 bits per heavy atom. The summed E-state index contributed by atoms with van der Waals surface area (Å²) in [6, 6.07) is 8.17. The molecule has 1 aromatic carbocycles. The molecule has 2 aromatic rings. The van der Waals surface area contributed by atoms with E-state index in [0.29, 0.717) is 0 Å². The summed E-state index contributed by atoms with van der Waals surface area (Å²) in [7, 11) is 0. The van der Waals surface area contributed by atoms with E-state index in [0.717, 1.165) is 43.9 Å². The van der Waals surface area contributed by atoms with Crippen LogP contribution in [0.2, 0.25) is 0 Å². The number of halogens is 2. The van der Waals surface area contributed by atoms with Gasteiger partial charge >= 0.3 is 0 Å². The maximum atomic E-state index is 6.43. The van der Waals surface area contributed by atoms with E-state index < -0.39 is 0 Å². The Morgan fingerprint density at radius 2 is 2.11 bits per heavy atom. The lowest BCUT2D eigenvalue weighted by molar-refractivity contribution is 0.284. The Morgan fingerprint density at radius 1 is 1.26 bits per heavy atom. The van der Waals surface area contributed by atoms with Gasteiger partial charge in [0.25, 0.3) is 0 Å². The van der Waals surface area contributed by atoms with E-state index in [2.05, 4.69) is 56.1 Å². The summed E-state index contributed by atoms with van der Waals surface area (Å²) in [6.45, 7) is 0.783. The lowest BCUT2D eigenvalue weighted by Crippen LogP contribution is -2.17. The van der Waals surface area contributed by atoms with Gasteiger partial charge in [-0.1, -0.05) is 18.2 Å². The van der Waals surface area contributed by atoms with E-state index in [-0.39, 0.29) is 6.04 Å². The van der Waals surface area contributed by atoms with Crippen molar-refractivity contribution in [2.24, 2.45) is 5.73 Å². The molecule has 1 unspecified atom stereocenters. The maximum Gasteiger partial charge on any atom is 0.127 e. The van der Waals surface area contributed by atoms with Gasteiger partial charge in [0.15, 0.2) is 0 Å². The second-order valence-electron chi connectivity index (χ2n) is 4.54. The topological polar surface area (TPSA) is 35.2 Å². The van der Waals surface area contributed by atoms with Crippen LogP contribution in [0.15, 0.2) is 31.8 Å². The predicted molar refractivity (Wildman–Crippen MR) is 86.0 cm³/mol. The SMILES string of the molecule is NC(c1cc(Br)sc1Br)c1cccc2c1OCCC2. The number of thiophene rings is 1. The van der Waals surface area contributed by atoms with Gasteiger partial charge in [-0.25, -0.2) is 0 Å². The van der Waals surface area contributed by atoms with E-state index in [9.17, 15) is 0 Å². The molecule has 1 aliphatic rings. The van der Waals surface area contributed by atoms with Crippen molar-refractivity contribution in [3.05, 3.63) is 48.5 Å². The fourth-order valence-electron chi connectivity index (χ4n) is 2.39. The van der Waals surface area contributed by atoms with Gasteiger partial charge in [-0.2, -0.15) is 0 Å². The molecule has 0 fully saturated rings. The predicted octanol–water partition coefficient (Wildman–Crippen LogP) is 4.65. The average Bonchev–Trinajstić information content (AvgIpc) is 2.76. The lowest BCUT2D eigenvalue weighted by Gasteiger charge is -2.23. The Labute approximate surface area is 133 Å². The number of ether oxygens (including phenoxy) is 1. The van der Waals surface area contributed by atoms with Crippen molar-refractivity contribution in [3.8, 4) is 5.75 Å². The summed E-state index contributed by atoms with van der Waals surface area (Å²) in [5.74, 6) is 0.982. The van der Waals surface area contributed by atoms with Crippen LogP contribution in [0.4, 0.5) is 0 Å². The standard InChI is InChI=1S/C14H13Br2NOS/c15-11-7-10(14(16)19-11)12(17)9-5-1-3-8-4-2-6-18-13(8)9/h1,3,5,7,12H,2,4,6,17H2. The van der Waals surface area contributed by atoms with Crippen LogP contribution in [0, 0.1) is 0 Å². The monoisotopic (exact) mass is 401 g/mol. The quantitative estimate of drug-likeness (QED) is 0.793. The van der Waals surface area contributed by atoms with Crippen molar-refractivity contribution in [1.29, 1.82) is 0 Å². The fourth-order valence-corrected chi connectivity index (χ4v) is 5.32. The fraction of sp³-hybridized carbons (Fsp3) is 0.286. The number of para-hydroxylation sites is 1. The van der Waals surface area contributed by atoms with Crippen LogP contribution < -0.4 is 10.5 Å². The molecule has 0 radical (unpaired) electrons. The van der Waals surface area contributed by atoms with Crippen molar-refractivity contribution in [2.45, 2.75) is 18.9 Å². The molecule has 2 nitrogen and oxygen atoms in total. The van der Waals surface area contributed by atoms with Crippen molar-refractivity contribution < 1.29 is 4.74 Å². The average molecular weight is 403 g/mol. The third-order valence-electron chi connectivity index (χ3n) is 3.32. The molecule has 1 aliphatic heterocycles. The van der Waals surface area contributed by atoms with Crippen LogP contribution in [-0.2, 0) is 6.42 Å². The van der Waals surface area contributed by atoms with E-state index in [1.165, 1.54) is 5.56 Å². The molecular weight excluding hydrogens is 390 g/mol. The summed E-state index contributed by atoms with van der Waals surface area (Å²) < 4.78 is 7.99. The van der Waals surface area contributed by atoms with Crippen molar-refractivity contribution >= 4 is 43.2 Å². The number of hydrogen-bond acceptors (Lipinski definition) is 3. The summed E-state index contributed by atoms with van der Waals surface area (Å²) in [5, 5.41) is 0. The summed E-state index contributed by atoms with van der Waals surface area (Å²) in [5.41, 5.74) is 9.87. The highest BCUT2D eigenvalue weighted by atomic mass is 79.9. The molecule has 100 valence electrons. The third-order valence-corrected chi connectivity index (χ3v) is 5.70. The van der Waals surface area contributed by atoms with Gasteiger partial charge in [-0.15, -0.1) is 11.3 Å². The largest absolute Gasteiger partial charge is 0.493 e. The Kier molecular flexibility index (Phi) is 3.98. The minimum absolute atomic E-state index is 0.162. The highest BCUT2D eigenvalue weighted by molar-refractivity contribution is 9.12. The first-order chi connectivity index (χ1) is 9.16. The zero-order chi connectivity index (χ0) is 13.4. The second kappa shape index (κ2) is 5.56. The first-order valence-electron chi connectivity index (χ1n) is 6.11. The number of rotatable bonds is 2. The zero-order valence-electron chi connectivity index (χ0n) is 10.2. The normalized spacial score (nSPS) is 15.7. The Hall–Kier alpha value is -0.360. The van der Waals surface area contributed by atoms with Gasteiger partial charge < -0.3 is 10.5 Å². The van der Waals surface area contributed by atoms with Crippen LogP contribution in [0.1, 0.15) is 29.2 Å². The minimum Gasteiger partial charge on any atom is -0.493 e. The molecule has 3 rings (SSSR count). The number of hydrogen-bond donors (Lipinski definition) is 1. The van der Waals surface area contributed by atoms with Crippen LogP contribution in [0.3, 0.4) is 0 Å². The molecule has 1 aromatic heterocycles. The van der Waals surface area contributed by atoms with Gasteiger partial charge in [0.2, 0.25) is 0 Å². The number of benzene rings is 1. The van der Waals surface area contributed by atoms with E-state index in [1.807, 2.05) is 0 Å². The Balaban J connectivity index is 2.04. The molecule has 19 heavy (non-hydrogen) atoms. The molecule has 5 heteroatoms. The zero-order valence-corrected chi connectivity index (χ0v) is 14.1. The van der Waals surface area contributed by atoms with Crippen molar-refractivity contribution in [3.63, 3.8) is 0 Å². The summed E-state index contributed by atoms with van der Waals surface area (Å²) in [6.07, 6.45) is 2.16. The van der Waals surface area contributed by atoms with E-state index in [4.69, 9.17) is 10.5 Å². The molecule has 0 aliphatic carbocycles. The Bertz CT molecular complexity index is 611. The smallest absolute Gasteiger partial charge is 0.127 e. The first-order valence-corrected chi connectivity index (χ1v) is 8.52. The molecule has 0 bridgehead atoms. The van der Waals surface area contributed by atoms with E-state index >= 15 is 0 Å². The van der Waals surface area contributed by atoms with Gasteiger partial charge in [0.1, 0.15) is 5.75 Å². The van der Waals surface area contributed by atoms with Crippen molar-refractivity contribution in [1.82, 2.24) is 0 Å². The summed E-state index contributed by atoms with van der Waals surface area (Å²) >= 11 is 8.72. The number of nitrogens with two attached hydrogens (primary N) is 1. The molecule has 0 amide bonds. The van der Waals surface area contributed by atoms with Crippen LogP contribution in [-0.4, -0.2) is 6.61 Å². The first kappa shape index (κ1) is 13.6. The van der Waals surface area contributed by atoms with Crippen LogP contribution in [0.25, 0.3) is 0 Å². The van der Waals surface area contributed by atoms with E-state index in [1.54, 1.807) is 11.3 Å². The van der Waals surface area contributed by atoms with Gasteiger partial charge in [0.05, 0.1) is 20.2 Å². The number of fused-ring (bicyclic) bond motifs is 1. The molecule has 2 N–H and O–H groups in total. The maximum absolute atomic E-state index is 6.43. The van der Waals surface area contributed by atoms with Crippen molar-refractivity contribution in [2.75, 3.05) is 6.61 Å². The molecule has 0 spiro atoms. The minimum atomic E-state index is -0.162. The highest BCUT2D eigenvalue weighted by Crippen LogP contribution is 2.40. The molecule has 0 saturated heterocycles. The highest BCUT2D eigenvalue weighted by Gasteiger charge is 2.22.